The molecule has 4 heterocycles. The van der Waals surface area contributed by atoms with Crippen LogP contribution in [0.4, 0.5) is 10.2 Å². The fraction of sp³-hybridized carbons (Fsp3) is 0.419. The number of nitrogens with one attached hydrogen (secondary N) is 1. The van der Waals surface area contributed by atoms with E-state index in [1.807, 2.05) is 24.3 Å². The minimum absolute atomic E-state index is 0.0592. The largest absolute Gasteiger partial charge is 0.381 e. The van der Waals surface area contributed by atoms with Gasteiger partial charge < -0.3 is 10.1 Å². The van der Waals surface area contributed by atoms with Crippen molar-refractivity contribution >= 4 is 29.0 Å². The molecule has 9 heteroatoms. The van der Waals surface area contributed by atoms with Crippen LogP contribution in [-0.4, -0.2) is 72.0 Å². The molecule has 0 amide bonds. The van der Waals surface area contributed by atoms with Gasteiger partial charge in [-0.15, -0.1) is 0 Å². The Labute approximate surface area is 239 Å². The number of anilines is 1. The Morgan fingerprint density at radius 3 is 2.67 bits per heavy atom. The van der Waals surface area contributed by atoms with Crippen LogP contribution in [0.15, 0.2) is 60.8 Å². The minimum atomic E-state index is -1.17. The molecule has 2 atom stereocenters. The first-order valence-corrected chi connectivity index (χ1v) is 14.2. The van der Waals surface area contributed by atoms with E-state index in [0.717, 1.165) is 38.4 Å². The maximum atomic E-state index is 14.6. The Bertz CT molecular complexity index is 1320. The zero-order chi connectivity index (χ0) is 27.9. The number of halogens is 2. The molecular weight excluding hydrogens is 531 g/mol. The van der Waals surface area contributed by atoms with Crippen LogP contribution in [-0.2, 0) is 16.0 Å². The molecule has 1 N–H and O–H groups in total. The van der Waals surface area contributed by atoms with Crippen LogP contribution in [0.5, 0.6) is 0 Å². The summed E-state index contributed by atoms with van der Waals surface area (Å²) >= 11 is 6.49. The zero-order valence-corrected chi connectivity index (χ0v) is 23.2. The third kappa shape index (κ3) is 7.50. The molecule has 2 saturated heterocycles. The number of hydrogen-bond acceptors (Lipinski definition) is 7. The summed E-state index contributed by atoms with van der Waals surface area (Å²) in [5.74, 6) is 0.624. The van der Waals surface area contributed by atoms with Crippen LogP contribution >= 0.6 is 11.6 Å². The van der Waals surface area contributed by atoms with E-state index in [1.54, 1.807) is 35.2 Å². The van der Waals surface area contributed by atoms with Crippen LogP contribution in [0.25, 0.3) is 11.3 Å². The number of nitrogens with zero attached hydrogens (tertiary/aromatic N) is 3. The van der Waals surface area contributed by atoms with Gasteiger partial charge in [0, 0.05) is 68.2 Å². The molecule has 0 bridgehead atoms. The van der Waals surface area contributed by atoms with Gasteiger partial charge >= 0.3 is 0 Å². The predicted molar refractivity (Wildman–Crippen MR) is 153 cm³/mol. The third-order valence-corrected chi connectivity index (χ3v) is 7.90. The quantitative estimate of drug-likeness (QED) is 0.335. The third-order valence-electron chi connectivity index (χ3n) is 7.60. The Morgan fingerprint density at radius 1 is 1.07 bits per heavy atom. The molecule has 0 saturated carbocycles. The summed E-state index contributed by atoms with van der Waals surface area (Å²) in [7, 11) is 0. The molecule has 40 heavy (non-hydrogen) atoms. The van der Waals surface area contributed by atoms with Crippen molar-refractivity contribution in [1.82, 2.24) is 14.9 Å². The molecule has 0 aliphatic carbocycles. The summed E-state index contributed by atoms with van der Waals surface area (Å²) in [6, 6.07) is 16.5. The molecule has 2 fully saturated rings. The van der Waals surface area contributed by atoms with Gasteiger partial charge in [-0.25, -0.2) is 9.37 Å². The van der Waals surface area contributed by atoms with E-state index in [9.17, 15) is 14.0 Å². The number of Topliss-reactive ketones (excluding diaryl/α,β-unsaturated/α-hetero) is 2. The monoisotopic (exact) mass is 564 g/mol. The Hall–Kier alpha value is -3.20. The van der Waals surface area contributed by atoms with Crippen LogP contribution in [0.1, 0.15) is 35.3 Å². The van der Waals surface area contributed by atoms with E-state index in [-0.39, 0.29) is 37.5 Å². The maximum absolute atomic E-state index is 14.6. The first-order chi connectivity index (χ1) is 19.4. The summed E-state index contributed by atoms with van der Waals surface area (Å²) in [6.07, 6.45) is 2.64. The van der Waals surface area contributed by atoms with Gasteiger partial charge in [0.2, 0.25) is 0 Å². The number of rotatable bonds is 10. The average Bonchev–Trinajstić information content (AvgIpc) is 2.98. The van der Waals surface area contributed by atoms with Gasteiger partial charge in [0.25, 0.3) is 0 Å². The summed E-state index contributed by atoms with van der Waals surface area (Å²) in [5, 5.41) is 3.86. The second-order valence-electron chi connectivity index (χ2n) is 10.7. The summed E-state index contributed by atoms with van der Waals surface area (Å²) in [5.41, 5.74) is 2.52. The van der Waals surface area contributed by atoms with Gasteiger partial charge in [-0.05, 0) is 43.4 Å². The number of pyridine rings is 2. The second-order valence-corrected chi connectivity index (χ2v) is 11.1. The molecule has 7 nitrogen and oxygen atoms in total. The summed E-state index contributed by atoms with van der Waals surface area (Å²) in [6.45, 7) is 3.00. The fourth-order valence-corrected chi connectivity index (χ4v) is 5.59. The van der Waals surface area contributed by atoms with Crippen molar-refractivity contribution < 1.29 is 18.7 Å². The van der Waals surface area contributed by atoms with Gasteiger partial charge in [0.05, 0.1) is 17.3 Å². The normalized spacial score (nSPS) is 20.2. The van der Waals surface area contributed by atoms with Crippen molar-refractivity contribution in [2.75, 3.05) is 44.7 Å². The topological polar surface area (TPSA) is 84.4 Å². The number of piperidine rings is 1. The zero-order valence-electron chi connectivity index (χ0n) is 22.4. The number of ether oxygens (including phenoxy) is 1. The van der Waals surface area contributed by atoms with Crippen molar-refractivity contribution in [2.24, 2.45) is 11.8 Å². The molecule has 0 spiro atoms. The first-order valence-electron chi connectivity index (χ1n) is 13.9. The minimum Gasteiger partial charge on any atom is -0.381 e. The lowest BCUT2D eigenvalue weighted by Crippen LogP contribution is -2.46. The predicted octanol–water partition coefficient (Wildman–Crippen LogP) is 5.29. The van der Waals surface area contributed by atoms with Crippen molar-refractivity contribution in [3.63, 3.8) is 0 Å². The lowest BCUT2D eigenvalue weighted by molar-refractivity contribution is -0.124. The van der Waals surface area contributed by atoms with E-state index in [1.165, 1.54) is 6.20 Å². The molecule has 2 aliphatic heterocycles. The number of benzene rings is 1. The summed E-state index contributed by atoms with van der Waals surface area (Å²) < 4.78 is 20.1. The SMILES string of the molecule is O=C(CN1C[C@@H](F)C[C@@H](C(=O)Cc2cc(-c3cccc(NCC4CCOCC4)n3)c(Cl)cn2)C1)c1ccccc1. The van der Waals surface area contributed by atoms with E-state index in [2.05, 4.69) is 10.3 Å². The summed E-state index contributed by atoms with van der Waals surface area (Å²) in [4.78, 5) is 36.8. The molecule has 3 aromatic rings. The molecule has 0 radical (unpaired) electrons. The standard InChI is InChI=1S/C31H34ClFN4O3/c32-27-17-34-25(14-26(27)28-7-4-8-31(36-28)35-16-21-9-11-40-12-10-21)15-29(38)23-13-24(33)19-37(18-23)20-30(39)22-5-2-1-3-6-22/h1-8,14,17,21,23-24H,9-13,15-16,18-20H2,(H,35,36)/t23-,24+/m1/s1. The van der Waals surface area contributed by atoms with Crippen molar-refractivity contribution in [3.8, 4) is 11.3 Å². The van der Waals surface area contributed by atoms with Crippen LogP contribution in [0, 0.1) is 11.8 Å². The van der Waals surface area contributed by atoms with Crippen molar-refractivity contribution in [2.45, 2.75) is 31.9 Å². The number of aromatic nitrogens is 2. The molecule has 0 unspecified atom stereocenters. The number of alkyl halides is 1. The molecule has 2 aromatic heterocycles. The molecule has 5 rings (SSSR count). The van der Waals surface area contributed by atoms with Crippen molar-refractivity contribution in [3.05, 3.63) is 77.1 Å². The molecular formula is C31H34ClFN4O3. The number of carbonyl (C=O) groups excluding carboxylic acids is 2. The highest BCUT2D eigenvalue weighted by molar-refractivity contribution is 6.33. The van der Waals surface area contributed by atoms with Crippen LogP contribution in [0.2, 0.25) is 5.02 Å². The highest BCUT2D eigenvalue weighted by atomic mass is 35.5. The highest BCUT2D eigenvalue weighted by Gasteiger charge is 2.32. The van der Waals surface area contributed by atoms with Gasteiger partial charge in [-0.2, -0.15) is 0 Å². The Kier molecular flexibility index (Phi) is 9.52. The Balaban J connectivity index is 1.22. The average molecular weight is 565 g/mol. The van der Waals surface area contributed by atoms with E-state index in [4.69, 9.17) is 21.3 Å². The van der Waals surface area contributed by atoms with Gasteiger partial charge in [0.15, 0.2) is 5.78 Å². The number of ketones is 2. The number of carbonyl (C=O) groups is 2. The first kappa shape index (κ1) is 28.3. The maximum Gasteiger partial charge on any atom is 0.176 e. The van der Waals surface area contributed by atoms with Gasteiger partial charge in [-0.1, -0.05) is 48.0 Å². The van der Waals surface area contributed by atoms with Gasteiger partial charge in [0.1, 0.15) is 17.8 Å². The second kappa shape index (κ2) is 13.4. The van der Waals surface area contributed by atoms with Crippen LogP contribution in [0.3, 0.4) is 0 Å². The van der Waals surface area contributed by atoms with Gasteiger partial charge in [-0.3, -0.25) is 19.5 Å². The van der Waals surface area contributed by atoms with Crippen molar-refractivity contribution in [1.29, 1.82) is 0 Å². The van der Waals surface area contributed by atoms with E-state index in [0.29, 0.717) is 40.0 Å². The lowest BCUT2D eigenvalue weighted by atomic mass is 9.90. The van der Waals surface area contributed by atoms with Crippen LogP contribution < -0.4 is 5.32 Å². The molecule has 210 valence electrons. The highest BCUT2D eigenvalue weighted by Crippen LogP contribution is 2.29. The number of likely N-dealkylation sites (tertiary alicyclic amines) is 1. The lowest BCUT2D eigenvalue weighted by Gasteiger charge is -2.33. The van der Waals surface area contributed by atoms with E-state index >= 15 is 0 Å². The fourth-order valence-electron chi connectivity index (χ4n) is 5.39. The van der Waals surface area contributed by atoms with E-state index < -0.39 is 12.1 Å². The smallest absolute Gasteiger partial charge is 0.176 e. The molecule has 2 aliphatic rings. The Morgan fingerprint density at radius 2 is 1.88 bits per heavy atom. The molecule has 1 aromatic carbocycles. The number of hydrogen-bond donors (Lipinski definition) is 1.